The zero-order valence-corrected chi connectivity index (χ0v) is 23.2. The number of carbonyl (C=O) groups excluding carboxylic acids is 1. The minimum Gasteiger partial charge on any atom is -0.383 e. The first-order chi connectivity index (χ1) is 20.2. The van der Waals surface area contributed by atoms with Crippen molar-refractivity contribution >= 4 is 22.5 Å². The SMILES string of the molecule is COCCN1C[C@@H](NC(=O)Nc2c(-c3ccccc3)nc(-c3ccccc3)c3ccccc23)[C@H](c2ccccc2)C1. The first-order valence-electron chi connectivity index (χ1n) is 14.1. The van der Waals surface area contributed by atoms with Gasteiger partial charge in [-0.25, -0.2) is 9.78 Å². The van der Waals surface area contributed by atoms with E-state index >= 15 is 0 Å². The highest BCUT2D eigenvalue weighted by Crippen LogP contribution is 2.38. The molecule has 1 aliphatic heterocycles. The number of nitrogens with zero attached hydrogens (tertiary/aromatic N) is 2. The van der Waals surface area contributed by atoms with Gasteiger partial charge in [0.2, 0.25) is 0 Å². The number of ether oxygens (including phenoxy) is 1. The molecule has 6 rings (SSSR count). The molecule has 206 valence electrons. The number of fused-ring (bicyclic) bond motifs is 1. The predicted octanol–water partition coefficient (Wildman–Crippen LogP) is 6.80. The Bertz CT molecular complexity index is 1610. The number of nitrogens with one attached hydrogen (secondary N) is 2. The predicted molar refractivity (Wildman–Crippen MR) is 166 cm³/mol. The van der Waals surface area contributed by atoms with Gasteiger partial charge in [0.05, 0.1) is 29.7 Å². The molecule has 6 heteroatoms. The molecule has 1 saturated heterocycles. The standard InChI is InChI=1S/C35H34N4O2/c1-41-22-21-39-23-30(25-13-5-2-6-14-25)31(24-39)36-35(40)38-34-29-20-12-11-19-28(29)32(26-15-7-3-8-16-26)37-33(34)27-17-9-4-10-18-27/h2-20,30-31H,21-24H2,1H3,(H2,36,38,40)/t30-,31+/m0/s1. The van der Waals surface area contributed by atoms with Crippen LogP contribution >= 0.6 is 0 Å². The normalized spacial score (nSPS) is 17.0. The van der Waals surface area contributed by atoms with E-state index in [9.17, 15) is 4.79 Å². The van der Waals surface area contributed by atoms with Gasteiger partial charge in [-0.1, -0.05) is 115 Å². The second-order valence-corrected chi connectivity index (χ2v) is 10.4. The number of amides is 2. The number of hydrogen-bond acceptors (Lipinski definition) is 4. The van der Waals surface area contributed by atoms with Crippen molar-refractivity contribution in [3.63, 3.8) is 0 Å². The van der Waals surface area contributed by atoms with E-state index in [0.717, 1.165) is 52.9 Å². The third-order valence-electron chi connectivity index (χ3n) is 7.80. The number of aromatic nitrogens is 1. The number of benzene rings is 4. The third kappa shape index (κ3) is 5.85. The van der Waals surface area contributed by atoms with Gasteiger partial charge in [-0.3, -0.25) is 4.90 Å². The molecule has 2 heterocycles. The average Bonchev–Trinajstić information content (AvgIpc) is 3.43. The number of likely N-dealkylation sites (tertiary alicyclic amines) is 1. The van der Waals surface area contributed by atoms with Crippen LogP contribution in [0.1, 0.15) is 11.5 Å². The molecule has 0 aliphatic carbocycles. The quantitative estimate of drug-likeness (QED) is 0.226. The highest BCUT2D eigenvalue weighted by Gasteiger charge is 2.34. The molecule has 5 aromatic rings. The van der Waals surface area contributed by atoms with Gasteiger partial charge in [0.1, 0.15) is 0 Å². The summed E-state index contributed by atoms with van der Waals surface area (Å²) in [4.78, 5) is 21.3. The van der Waals surface area contributed by atoms with Crippen LogP contribution in [0.5, 0.6) is 0 Å². The summed E-state index contributed by atoms with van der Waals surface area (Å²) in [5.74, 6) is 0.183. The van der Waals surface area contributed by atoms with Crippen molar-refractivity contribution in [1.82, 2.24) is 15.2 Å². The van der Waals surface area contributed by atoms with Crippen molar-refractivity contribution in [1.29, 1.82) is 0 Å². The molecular weight excluding hydrogens is 508 g/mol. The van der Waals surface area contributed by atoms with Crippen LogP contribution in [-0.2, 0) is 4.74 Å². The smallest absolute Gasteiger partial charge is 0.319 e. The Hall–Kier alpha value is -4.52. The van der Waals surface area contributed by atoms with Crippen LogP contribution in [0.15, 0.2) is 115 Å². The van der Waals surface area contributed by atoms with Gasteiger partial charge in [0.15, 0.2) is 0 Å². The Balaban J connectivity index is 1.36. The van der Waals surface area contributed by atoms with E-state index in [-0.39, 0.29) is 18.0 Å². The first kappa shape index (κ1) is 26.7. The molecule has 0 saturated carbocycles. The molecule has 41 heavy (non-hydrogen) atoms. The van der Waals surface area contributed by atoms with Gasteiger partial charge >= 0.3 is 6.03 Å². The number of urea groups is 1. The summed E-state index contributed by atoms with van der Waals surface area (Å²) in [6.07, 6.45) is 0. The van der Waals surface area contributed by atoms with Gasteiger partial charge < -0.3 is 15.4 Å². The number of pyridine rings is 1. The molecule has 0 unspecified atom stereocenters. The van der Waals surface area contributed by atoms with E-state index in [4.69, 9.17) is 9.72 Å². The van der Waals surface area contributed by atoms with Crippen LogP contribution in [0, 0.1) is 0 Å². The molecule has 2 atom stereocenters. The molecule has 0 radical (unpaired) electrons. The number of methoxy groups -OCH3 is 1. The Kier molecular flexibility index (Phi) is 8.03. The lowest BCUT2D eigenvalue weighted by Gasteiger charge is -2.22. The lowest BCUT2D eigenvalue weighted by Crippen LogP contribution is -2.42. The molecular formula is C35H34N4O2. The summed E-state index contributed by atoms with van der Waals surface area (Å²) in [7, 11) is 1.72. The maximum atomic E-state index is 13.8. The summed E-state index contributed by atoms with van der Waals surface area (Å²) in [5, 5.41) is 8.48. The molecule has 2 amide bonds. The van der Waals surface area contributed by atoms with Crippen molar-refractivity contribution < 1.29 is 9.53 Å². The molecule has 0 bridgehead atoms. The highest BCUT2D eigenvalue weighted by molar-refractivity contribution is 6.10. The molecule has 1 fully saturated rings. The summed E-state index contributed by atoms with van der Waals surface area (Å²) in [6, 6.07) is 38.5. The summed E-state index contributed by atoms with van der Waals surface area (Å²) < 4.78 is 5.33. The maximum absolute atomic E-state index is 13.8. The number of hydrogen-bond donors (Lipinski definition) is 2. The van der Waals surface area contributed by atoms with Crippen LogP contribution in [0.25, 0.3) is 33.3 Å². The minimum absolute atomic E-state index is 0.0442. The zero-order valence-electron chi connectivity index (χ0n) is 23.2. The van der Waals surface area contributed by atoms with E-state index in [0.29, 0.717) is 12.3 Å². The molecule has 1 aromatic heterocycles. The van der Waals surface area contributed by atoms with Crippen molar-refractivity contribution in [2.24, 2.45) is 0 Å². The minimum atomic E-state index is -0.235. The topological polar surface area (TPSA) is 66.5 Å². The second-order valence-electron chi connectivity index (χ2n) is 10.4. The van der Waals surface area contributed by atoms with Crippen molar-refractivity contribution in [3.8, 4) is 22.5 Å². The number of anilines is 1. The largest absolute Gasteiger partial charge is 0.383 e. The van der Waals surface area contributed by atoms with E-state index in [2.05, 4.69) is 64.1 Å². The number of carbonyl (C=O) groups is 1. The van der Waals surface area contributed by atoms with Crippen LogP contribution < -0.4 is 10.6 Å². The van der Waals surface area contributed by atoms with E-state index in [1.807, 2.05) is 66.7 Å². The van der Waals surface area contributed by atoms with Gasteiger partial charge in [0.25, 0.3) is 0 Å². The molecule has 1 aliphatic rings. The van der Waals surface area contributed by atoms with Crippen LogP contribution in [0.2, 0.25) is 0 Å². The molecule has 0 spiro atoms. The summed E-state index contributed by atoms with van der Waals surface area (Å²) >= 11 is 0. The van der Waals surface area contributed by atoms with Crippen molar-refractivity contribution in [3.05, 3.63) is 121 Å². The first-order valence-corrected chi connectivity index (χ1v) is 14.1. The summed E-state index contributed by atoms with van der Waals surface area (Å²) in [5.41, 5.74) is 5.53. The van der Waals surface area contributed by atoms with E-state index < -0.39 is 0 Å². The molecule has 4 aromatic carbocycles. The Labute approximate surface area is 241 Å². The number of rotatable bonds is 8. The van der Waals surface area contributed by atoms with Gasteiger partial charge in [-0.05, 0) is 5.56 Å². The maximum Gasteiger partial charge on any atom is 0.319 e. The second kappa shape index (κ2) is 12.3. The van der Waals surface area contributed by atoms with E-state index in [1.165, 1.54) is 5.56 Å². The summed E-state index contributed by atoms with van der Waals surface area (Å²) in [6.45, 7) is 3.11. The van der Waals surface area contributed by atoms with Crippen LogP contribution in [-0.4, -0.2) is 55.3 Å². The third-order valence-corrected chi connectivity index (χ3v) is 7.80. The fourth-order valence-corrected chi connectivity index (χ4v) is 5.80. The zero-order chi connectivity index (χ0) is 28.0. The monoisotopic (exact) mass is 542 g/mol. The Morgan fingerprint density at radius 3 is 2.02 bits per heavy atom. The van der Waals surface area contributed by atoms with Gasteiger partial charge in [-0.2, -0.15) is 0 Å². The molecule has 6 nitrogen and oxygen atoms in total. The van der Waals surface area contributed by atoms with Gasteiger partial charge in [-0.15, -0.1) is 0 Å². The van der Waals surface area contributed by atoms with Crippen molar-refractivity contribution in [2.75, 3.05) is 38.7 Å². The van der Waals surface area contributed by atoms with Gasteiger partial charge in [0, 0.05) is 54.6 Å². The Morgan fingerprint density at radius 1 is 0.780 bits per heavy atom. The van der Waals surface area contributed by atoms with Crippen molar-refractivity contribution in [2.45, 2.75) is 12.0 Å². The van der Waals surface area contributed by atoms with Crippen LogP contribution in [0.4, 0.5) is 10.5 Å². The van der Waals surface area contributed by atoms with E-state index in [1.54, 1.807) is 7.11 Å². The Morgan fingerprint density at radius 2 is 1.37 bits per heavy atom. The lowest BCUT2D eigenvalue weighted by atomic mass is 9.94. The van der Waals surface area contributed by atoms with Crippen LogP contribution in [0.3, 0.4) is 0 Å². The fourth-order valence-electron chi connectivity index (χ4n) is 5.80. The average molecular weight is 543 g/mol. The molecule has 2 N–H and O–H groups in total. The fraction of sp³-hybridized carbons (Fsp3) is 0.200. The lowest BCUT2D eigenvalue weighted by molar-refractivity contribution is 0.159. The highest BCUT2D eigenvalue weighted by atomic mass is 16.5.